The summed E-state index contributed by atoms with van der Waals surface area (Å²) >= 11 is 5.47. The summed E-state index contributed by atoms with van der Waals surface area (Å²) in [6.45, 7) is -2.65. The third-order valence-corrected chi connectivity index (χ3v) is 1.40. The number of carbonyl (C=O) groups is 1. The standard InChI is InChI=1S/C7H5ClN4O/c1-10-7(13)6-4(3-9)2-5(8)11-12-6/h2H,1H3,(H,10,13)/i1D3. The van der Waals surface area contributed by atoms with Crippen molar-refractivity contribution in [3.05, 3.63) is 22.5 Å². The molecule has 0 atom stereocenters. The molecule has 13 heavy (non-hydrogen) atoms. The van der Waals surface area contributed by atoms with Gasteiger partial charge in [-0.2, -0.15) is 5.26 Å². The van der Waals surface area contributed by atoms with E-state index in [0.29, 0.717) is 0 Å². The first kappa shape index (κ1) is 5.89. The first-order chi connectivity index (χ1) is 7.33. The van der Waals surface area contributed by atoms with Gasteiger partial charge in [0.25, 0.3) is 5.91 Å². The molecule has 66 valence electrons. The van der Waals surface area contributed by atoms with E-state index in [2.05, 4.69) is 10.2 Å². The van der Waals surface area contributed by atoms with Gasteiger partial charge in [0.2, 0.25) is 0 Å². The molecule has 0 aliphatic carbocycles. The maximum atomic E-state index is 11.4. The van der Waals surface area contributed by atoms with Gasteiger partial charge < -0.3 is 5.32 Å². The van der Waals surface area contributed by atoms with Crippen molar-refractivity contribution in [1.29, 1.82) is 5.26 Å². The number of amides is 1. The highest BCUT2D eigenvalue weighted by Gasteiger charge is 2.12. The predicted molar refractivity (Wildman–Crippen MR) is 45.1 cm³/mol. The van der Waals surface area contributed by atoms with Crippen molar-refractivity contribution < 1.29 is 8.91 Å². The van der Waals surface area contributed by atoms with Crippen LogP contribution in [0.15, 0.2) is 6.07 Å². The molecule has 1 amide bonds. The molecular weight excluding hydrogens is 192 g/mol. The Hall–Kier alpha value is -1.67. The molecule has 0 fully saturated rings. The number of hydrogen-bond acceptors (Lipinski definition) is 4. The molecule has 0 aliphatic heterocycles. The molecular formula is C7H5ClN4O. The van der Waals surface area contributed by atoms with Gasteiger partial charge in [-0.15, -0.1) is 10.2 Å². The minimum Gasteiger partial charge on any atom is -0.354 e. The summed E-state index contributed by atoms with van der Waals surface area (Å²) in [5.74, 6) is -0.999. The third-order valence-electron chi connectivity index (χ3n) is 1.21. The summed E-state index contributed by atoms with van der Waals surface area (Å²) in [6.07, 6.45) is 0. The molecule has 0 saturated carbocycles. The van der Waals surface area contributed by atoms with Crippen LogP contribution in [0, 0.1) is 11.3 Å². The molecule has 5 nitrogen and oxygen atoms in total. The Morgan fingerprint density at radius 1 is 1.85 bits per heavy atom. The first-order valence-corrected chi connectivity index (χ1v) is 3.47. The van der Waals surface area contributed by atoms with Gasteiger partial charge in [-0.25, -0.2) is 0 Å². The Balaban J connectivity index is 3.06. The SMILES string of the molecule is [2H]C([2H])([2H])NC(=O)c1nnc(Cl)cc1C#N. The lowest BCUT2D eigenvalue weighted by atomic mass is 10.2. The second-order valence-corrected chi connectivity index (χ2v) is 2.38. The molecule has 0 aromatic carbocycles. The highest BCUT2D eigenvalue weighted by molar-refractivity contribution is 6.29. The van der Waals surface area contributed by atoms with Crippen LogP contribution >= 0.6 is 11.6 Å². The van der Waals surface area contributed by atoms with Crippen LogP contribution in [0.4, 0.5) is 0 Å². The number of rotatable bonds is 1. The van der Waals surface area contributed by atoms with E-state index < -0.39 is 12.9 Å². The average Bonchev–Trinajstić information content (AvgIpc) is 2.14. The van der Waals surface area contributed by atoms with Crippen molar-refractivity contribution in [2.24, 2.45) is 0 Å². The fourth-order valence-electron chi connectivity index (χ4n) is 0.680. The van der Waals surface area contributed by atoms with Gasteiger partial charge in [-0.05, 0) is 6.07 Å². The van der Waals surface area contributed by atoms with Crippen LogP contribution in [0.25, 0.3) is 0 Å². The smallest absolute Gasteiger partial charge is 0.272 e. The number of halogens is 1. The minimum atomic E-state index is -2.65. The van der Waals surface area contributed by atoms with E-state index in [4.69, 9.17) is 21.0 Å². The minimum absolute atomic E-state index is 0.0537. The molecule has 1 rings (SSSR count). The number of nitriles is 1. The Labute approximate surface area is 83.6 Å². The molecule has 0 aliphatic rings. The monoisotopic (exact) mass is 199 g/mol. The summed E-state index contributed by atoms with van der Waals surface area (Å²) in [5.41, 5.74) is -0.509. The highest BCUT2D eigenvalue weighted by atomic mass is 35.5. The normalized spacial score (nSPS) is 13.4. The van der Waals surface area contributed by atoms with Crippen LogP contribution in [0.3, 0.4) is 0 Å². The van der Waals surface area contributed by atoms with Gasteiger partial charge in [0.05, 0.1) is 5.56 Å². The molecule has 0 radical (unpaired) electrons. The molecule has 0 bridgehead atoms. The van der Waals surface area contributed by atoms with Crippen LogP contribution in [-0.2, 0) is 0 Å². The van der Waals surface area contributed by atoms with Crippen LogP contribution in [-0.4, -0.2) is 23.1 Å². The van der Waals surface area contributed by atoms with Crippen LogP contribution in [0.1, 0.15) is 20.2 Å². The number of aromatic nitrogens is 2. The lowest BCUT2D eigenvalue weighted by Crippen LogP contribution is -2.21. The first-order valence-electron chi connectivity index (χ1n) is 4.59. The summed E-state index contributed by atoms with van der Waals surface area (Å²) < 4.78 is 20.5. The Bertz CT molecular complexity index is 468. The van der Waals surface area contributed by atoms with E-state index in [1.165, 1.54) is 0 Å². The van der Waals surface area contributed by atoms with Gasteiger partial charge in [0.15, 0.2) is 10.8 Å². The molecule has 1 N–H and O–H groups in total. The summed E-state index contributed by atoms with van der Waals surface area (Å²) in [4.78, 5) is 11.4. The largest absolute Gasteiger partial charge is 0.354 e. The second-order valence-electron chi connectivity index (χ2n) is 2.00. The fraction of sp³-hybridized carbons (Fsp3) is 0.143. The van der Waals surface area contributed by atoms with Gasteiger partial charge in [0, 0.05) is 11.1 Å². The Morgan fingerprint density at radius 3 is 3.23 bits per heavy atom. The second kappa shape index (κ2) is 3.83. The molecule has 6 heteroatoms. The number of carbonyl (C=O) groups excluding carboxylic acids is 1. The summed E-state index contributed by atoms with van der Waals surface area (Å²) in [7, 11) is 0. The molecule has 1 aromatic rings. The number of hydrogen-bond donors (Lipinski definition) is 1. The van der Waals surface area contributed by atoms with Crippen molar-refractivity contribution in [2.45, 2.75) is 0 Å². The lowest BCUT2D eigenvalue weighted by molar-refractivity contribution is 0.0957. The van der Waals surface area contributed by atoms with Gasteiger partial charge in [-0.1, -0.05) is 11.6 Å². The molecule has 0 unspecified atom stereocenters. The van der Waals surface area contributed by atoms with Gasteiger partial charge >= 0.3 is 0 Å². The van der Waals surface area contributed by atoms with Crippen molar-refractivity contribution >= 4 is 17.5 Å². The van der Waals surface area contributed by atoms with E-state index in [9.17, 15) is 4.79 Å². The number of nitrogens with one attached hydrogen (secondary N) is 1. The molecule has 0 saturated heterocycles. The van der Waals surface area contributed by atoms with E-state index in [0.717, 1.165) is 6.07 Å². The maximum absolute atomic E-state index is 11.4. The predicted octanol–water partition coefficient (Wildman–Crippen LogP) is 0.361. The summed E-state index contributed by atoms with van der Waals surface area (Å²) in [6, 6.07) is 2.80. The van der Waals surface area contributed by atoms with E-state index in [1.54, 1.807) is 11.4 Å². The van der Waals surface area contributed by atoms with E-state index in [-0.39, 0.29) is 16.4 Å². The average molecular weight is 200 g/mol. The van der Waals surface area contributed by atoms with Crippen molar-refractivity contribution in [1.82, 2.24) is 15.5 Å². The lowest BCUT2D eigenvalue weighted by Gasteiger charge is -1.99. The fourth-order valence-corrected chi connectivity index (χ4v) is 0.827. The zero-order chi connectivity index (χ0) is 12.3. The summed E-state index contributed by atoms with van der Waals surface area (Å²) in [5, 5.41) is 17.1. The molecule has 1 aromatic heterocycles. The van der Waals surface area contributed by atoms with E-state index in [1.807, 2.05) is 0 Å². The quantitative estimate of drug-likeness (QED) is 0.709. The van der Waals surface area contributed by atoms with Gasteiger partial charge in [-0.3, -0.25) is 4.79 Å². The zero-order valence-electron chi connectivity index (χ0n) is 9.21. The Morgan fingerprint density at radius 2 is 2.62 bits per heavy atom. The third kappa shape index (κ3) is 1.92. The van der Waals surface area contributed by atoms with Crippen molar-refractivity contribution in [2.75, 3.05) is 6.98 Å². The van der Waals surface area contributed by atoms with Crippen molar-refractivity contribution in [3.63, 3.8) is 0 Å². The molecule has 1 heterocycles. The van der Waals surface area contributed by atoms with Gasteiger partial charge in [0.1, 0.15) is 6.07 Å². The highest BCUT2D eigenvalue weighted by Crippen LogP contribution is 2.08. The Kier molecular flexibility index (Phi) is 1.73. The number of nitrogens with zero attached hydrogens (tertiary/aromatic N) is 3. The van der Waals surface area contributed by atoms with Crippen molar-refractivity contribution in [3.8, 4) is 6.07 Å². The molecule has 0 spiro atoms. The zero-order valence-corrected chi connectivity index (χ0v) is 6.96. The topological polar surface area (TPSA) is 78.7 Å². The van der Waals surface area contributed by atoms with Crippen LogP contribution in [0.5, 0.6) is 0 Å². The van der Waals surface area contributed by atoms with Crippen LogP contribution < -0.4 is 5.32 Å². The van der Waals surface area contributed by atoms with Crippen LogP contribution in [0.2, 0.25) is 5.15 Å². The van der Waals surface area contributed by atoms with E-state index >= 15 is 0 Å². The maximum Gasteiger partial charge on any atom is 0.272 e.